The Hall–Kier alpha value is -3.48. The van der Waals surface area contributed by atoms with Crippen LogP contribution < -0.4 is 16.0 Å². The summed E-state index contributed by atoms with van der Waals surface area (Å²) in [6.07, 6.45) is 0.127. The van der Waals surface area contributed by atoms with Crippen LogP contribution in [0.5, 0.6) is 0 Å². The van der Waals surface area contributed by atoms with Crippen LogP contribution in [0.1, 0.15) is 68.6 Å². The SMILES string of the molecule is CC.CCCNc1cccnc1C(C)NC1=CC(c2ccccc2C(F)(F)F)Nc2ccccc21. The molecule has 2 atom stereocenters. The smallest absolute Gasteiger partial charge is 0.384 e. The van der Waals surface area contributed by atoms with E-state index in [1.807, 2.05) is 63.2 Å². The summed E-state index contributed by atoms with van der Waals surface area (Å²) in [5, 5.41) is 10.2. The van der Waals surface area contributed by atoms with Crippen molar-refractivity contribution in [3.8, 4) is 0 Å². The van der Waals surface area contributed by atoms with Gasteiger partial charge in [-0.15, -0.1) is 0 Å². The van der Waals surface area contributed by atoms with E-state index in [-0.39, 0.29) is 11.6 Å². The van der Waals surface area contributed by atoms with Crippen LogP contribution in [0.25, 0.3) is 5.70 Å². The summed E-state index contributed by atoms with van der Waals surface area (Å²) in [7, 11) is 0. The first-order chi connectivity index (χ1) is 16.9. The van der Waals surface area contributed by atoms with Gasteiger partial charge in [-0.2, -0.15) is 13.2 Å². The number of aromatic nitrogens is 1. The molecule has 0 bridgehead atoms. The van der Waals surface area contributed by atoms with Crippen molar-refractivity contribution in [1.29, 1.82) is 0 Å². The molecule has 1 aliphatic rings. The van der Waals surface area contributed by atoms with Gasteiger partial charge in [-0.05, 0) is 49.2 Å². The van der Waals surface area contributed by atoms with Crippen molar-refractivity contribution in [3.63, 3.8) is 0 Å². The second-order valence-corrected chi connectivity index (χ2v) is 8.06. The van der Waals surface area contributed by atoms with Crippen LogP contribution in [0, 0.1) is 0 Å². The topological polar surface area (TPSA) is 49.0 Å². The quantitative estimate of drug-likeness (QED) is 0.321. The number of nitrogens with one attached hydrogen (secondary N) is 3. The minimum atomic E-state index is -4.43. The number of benzene rings is 2. The molecule has 1 aliphatic heterocycles. The number of rotatable bonds is 7. The summed E-state index contributed by atoms with van der Waals surface area (Å²) in [5.41, 5.74) is 3.81. The maximum Gasteiger partial charge on any atom is 0.416 e. The van der Waals surface area contributed by atoms with Crippen molar-refractivity contribution in [2.24, 2.45) is 0 Å². The second-order valence-electron chi connectivity index (χ2n) is 8.06. The predicted octanol–water partition coefficient (Wildman–Crippen LogP) is 7.81. The highest BCUT2D eigenvalue weighted by molar-refractivity contribution is 5.80. The first-order valence-electron chi connectivity index (χ1n) is 12.1. The number of nitrogens with zero attached hydrogens (tertiary/aromatic N) is 1. The fourth-order valence-electron chi connectivity index (χ4n) is 4.10. The van der Waals surface area contributed by atoms with Gasteiger partial charge in [-0.25, -0.2) is 0 Å². The number of para-hydroxylation sites is 1. The Morgan fingerprint density at radius 3 is 2.46 bits per heavy atom. The van der Waals surface area contributed by atoms with Crippen molar-refractivity contribution in [3.05, 3.63) is 95.3 Å². The van der Waals surface area contributed by atoms with E-state index in [9.17, 15) is 13.2 Å². The largest absolute Gasteiger partial charge is 0.416 e. The van der Waals surface area contributed by atoms with Gasteiger partial charge in [-0.3, -0.25) is 4.98 Å². The molecule has 3 N–H and O–H groups in total. The molecule has 0 fully saturated rings. The van der Waals surface area contributed by atoms with Crippen molar-refractivity contribution < 1.29 is 13.2 Å². The Morgan fingerprint density at radius 2 is 1.71 bits per heavy atom. The Morgan fingerprint density at radius 1 is 1.00 bits per heavy atom. The van der Waals surface area contributed by atoms with Gasteiger partial charge >= 0.3 is 6.18 Å². The summed E-state index contributed by atoms with van der Waals surface area (Å²) in [6, 6.07) is 16.4. The second kappa shape index (κ2) is 11.8. The fraction of sp³-hybridized carbons (Fsp3) is 0.321. The number of halogens is 3. The molecule has 4 rings (SSSR count). The normalized spacial score (nSPS) is 15.5. The van der Waals surface area contributed by atoms with Crippen LogP contribution in [0.15, 0.2) is 72.9 Å². The van der Waals surface area contributed by atoms with E-state index in [4.69, 9.17) is 0 Å². The van der Waals surface area contributed by atoms with Gasteiger partial charge in [0.1, 0.15) is 0 Å². The molecule has 7 heteroatoms. The number of pyridine rings is 1. The molecule has 0 amide bonds. The number of fused-ring (bicyclic) bond motifs is 1. The Labute approximate surface area is 205 Å². The van der Waals surface area contributed by atoms with Crippen LogP contribution in [0.4, 0.5) is 24.5 Å². The van der Waals surface area contributed by atoms with E-state index in [2.05, 4.69) is 27.9 Å². The standard InChI is InChI=1S/C26H27F3N4.C2H6/c1-3-14-30-22-13-8-15-31-25(22)17(2)32-24-16-23(33-21-12-7-5-10-19(21)24)18-9-4-6-11-20(18)26(27,28)29;1-2/h4-13,15-17,23,30,32-33H,3,14H2,1-2H3;1-2H3. The third-order valence-electron chi connectivity index (χ3n) is 5.65. The molecule has 2 heterocycles. The maximum atomic E-state index is 13.7. The molecule has 4 nitrogen and oxygen atoms in total. The van der Waals surface area contributed by atoms with Crippen LogP contribution in [-0.4, -0.2) is 11.5 Å². The van der Waals surface area contributed by atoms with Crippen LogP contribution in [0.3, 0.4) is 0 Å². The third kappa shape index (κ3) is 6.15. The molecule has 186 valence electrons. The molecule has 0 saturated carbocycles. The number of anilines is 2. The highest BCUT2D eigenvalue weighted by Gasteiger charge is 2.35. The van der Waals surface area contributed by atoms with Crippen molar-refractivity contribution in [2.75, 3.05) is 17.2 Å². The molecule has 0 aliphatic carbocycles. The molecule has 2 aromatic carbocycles. The van der Waals surface area contributed by atoms with Gasteiger partial charge in [0, 0.05) is 29.7 Å². The van der Waals surface area contributed by atoms with Crippen LogP contribution >= 0.6 is 0 Å². The molecule has 0 spiro atoms. The average molecular weight is 483 g/mol. The molecular weight excluding hydrogens is 449 g/mol. The van der Waals surface area contributed by atoms with Gasteiger partial charge in [-0.1, -0.05) is 57.2 Å². The molecular formula is C28H33F3N4. The highest BCUT2D eigenvalue weighted by Crippen LogP contribution is 2.40. The molecule has 35 heavy (non-hydrogen) atoms. The Bertz CT molecular complexity index is 1140. The lowest BCUT2D eigenvalue weighted by molar-refractivity contribution is -0.138. The van der Waals surface area contributed by atoms with Gasteiger partial charge < -0.3 is 16.0 Å². The maximum absolute atomic E-state index is 13.7. The predicted molar refractivity (Wildman–Crippen MR) is 138 cm³/mol. The van der Waals surface area contributed by atoms with Crippen molar-refractivity contribution in [2.45, 2.75) is 52.4 Å². The van der Waals surface area contributed by atoms with Crippen molar-refractivity contribution in [1.82, 2.24) is 10.3 Å². The fourth-order valence-corrected chi connectivity index (χ4v) is 4.10. The van der Waals surface area contributed by atoms with Gasteiger partial charge in [0.05, 0.1) is 29.0 Å². The molecule has 0 saturated heterocycles. The van der Waals surface area contributed by atoms with E-state index in [1.54, 1.807) is 12.3 Å². The lowest BCUT2D eigenvalue weighted by Gasteiger charge is -2.30. The Balaban J connectivity index is 0.00000167. The van der Waals surface area contributed by atoms with E-state index in [0.717, 1.165) is 47.4 Å². The van der Waals surface area contributed by atoms with Gasteiger partial charge in [0.25, 0.3) is 0 Å². The van der Waals surface area contributed by atoms with E-state index in [1.165, 1.54) is 12.1 Å². The zero-order chi connectivity index (χ0) is 25.4. The number of hydrogen-bond acceptors (Lipinski definition) is 4. The lowest BCUT2D eigenvalue weighted by Crippen LogP contribution is -2.25. The molecule has 2 unspecified atom stereocenters. The summed E-state index contributed by atoms with van der Waals surface area (Å²) < 4.78 is 41.1. The molecule has 0 radical (unpaired) electrons. The van der Waals surface area contributed by atoms with E-state index in [0.29, 0.717) is 0 Å². The third-order valence-corrected chi connectivity index (χ3v) is 5.65. The lowest BCUT2D eigenvalue weighted by atomic mass is 9.93. The number of hydrogen-bond donors (Lipinski definition) is 3. The van der Waals surface area contributed by atoms with Gasteiger partial charge in [0.15, 0.2) is 0 Å². The summed E-state index contributed by atoms with van der Waals surface area (Å²) in [6.45, 7) is 8.93. The van der Waals surface area contributed by atoms with Crippen LogP contribution in [-0.2, 0) is 6.18 Å². The monoisotopic (exact) mass is 482 g/mol. The van der Waals surface area contributed by atoms with E-state index >= 15 is 0 Å². The first kappa shape index (κ1) is 26.1. The highest BCUT2D eigenvalue weighted by atomic mass is 19.4. The number of alkyl halides is 3. The van der Waals surface area contributed by atoms with Crippen molar-refractivity contribution >= 4 is 17.1 Å². The molecule has 1 aromatic heterocycles. The zero-order valence-electron chi connectivity index (χ0n) is 20.6. The summed E-state index contributed by atoms with van der Waals surface area (Å²) in [4.78, 5) is 4.56. The van der Waals surface area contributed by atoms with Crippen LogP contribution in [0.2, 0.25) is 0 Å². The minimum absolute atomic E-state index is 0.165. The first-order valence-corrected chi connectivity index (χ1v) is 12.1. The molecule has 3 aromatic rings. The van der Waals surface area contributed by atoms with E-state index < -0.39 is 17.8 Å². The zero-order valence-corrected chi connectivity index (χ0v) is 20.6. The summed E-state index contributed by atoms with van der Waals surface area (Å²) in [5.74, 6) is 0. The summed E-state index contributed by atoms with van der Waals surface area (Å²) >= 11 is 0. The average Bonchev–Trinajstić information content (AvgIpc) is 2.88. The van der Waals surface area contributed by atoms with Gasteiger partial charge in [0.2, 0.25) is 0 Å². The minimum Gasteiger partial charge on any atom is -0.384 e. The Kier molecular flexibility index (Phi) is 8.79.